The van der Waals surface area contributed by atoms with Crippen molar-refractivity contribution in [2.75, 3.05) is 23.7 Å². The smallest absolute Gasteiger partial charge is 0.335 e. The number of rotatable bonds is 10. The van der Waals surface area contributed by atoms with Crippen LogP contribution in [0.15, 0.2) is 73.1 Å². The number of likely N-dealkylation sites (tertiary alicyclic amines) is 1. The Morgan fingerprint density at radius 1 is 1.02 bits per heavy atom. The highest BCUT2D eigenvalue weighted by Gasteiger charge is 2.25. The first kappa shape index (κ1) is 32.7. The summed E-state index contributed by atoms with van der Waals surface area (Å²) in [6, 6.07) is 13.4. The number of carbonyl (C=O) groups is 4. The Hall–Kier alpha value is -5.67. The molecule has 0 aliphatic carbocycles. The van der Waals surface area contributed by atoms with Gasteiger partial charge in [-0.2, -0.15) is 4.68 Å². The predicted molar refractivity (Wildman–Crippen MR) is 168 cm³/mol. The zero-order valence-electron chi connectivity index (χ0n) is 24.5. The van der Waals surface area contributed by atoms with Crippen molar-refractivity contribution >= 4 is 52.9 Å². The van der Waals surface area contributed by atoms with E-state index in [1.807, 2.05) is 0 Å². The number of halogens is 2. The average Bonchev–Trinajstić information content (AvgIpc) is 3.75. The molecule has 0 bridgehead atoms. The summed E-state index contributed by atoms with van der Waals surface area (Å²) in [4.78, 5) is 51.7. The number of tetrazole rings is 1. The molecule has 1 aromatic heterocycles. The van der Waals surface area contributed by atoms with Crippen LogP contribution in [-0.4, -0.2) is 84.4 Å². The summed E-state index contributed by atoms with van der Waals surface area (Å²) < 4.78 is 16.2. The molecule has 2 atom stereocenters. The van der Waals surface area contributed by atoms with Crippen molar-refractivity contribution in [1.82, 2.24) is 30.4 Å². The Bertz CT molecular complexity index is 1800. The van der Waals surface area contributed by atoms with Crippen molar-refractivity contribution in [3.05, 3.63) is 101 Å². The van der Waals surface area contributed by atoms with Crippen LogP contribution >= 0.6 is 11.6 Å². The molecule has 2 heterocycles. The van der Waals surface area contributed by atoms with Crippen LogP contribution in [0.25, 0.3) is 11.8 Å². The molecule has 3 aromatic carbocycles. The van der Waals surface area contributed by atoms with E-state index in [0.717, 1.165) is 6.08 Å². The van der Waals surface area contributed by atoms with Gasteiger partial charge < -0.3 is 31.1 Å². The fraction of sp³-hybridized carbons (Fsp3) is 0.194. The number of nitrogens with zero attached hydrogens (tertiary/aromatic N) is 5. The van der Waals surface area contributed by atoms with Gasteiger partial charge in [-0.3, -0.25) is 9.59 Å². The zero-order valence-corrected chi connectivity index (χ0v) is 25.3. The highest BCUT2D eigenvalue weighted by molar-refractivity contribution is 6.31. The molecule has 1 saturated heterocycles. The van der Waals surface area contributed by atoms with E-state index in [9.17, 15) is 28.7 Å². The Kier molecular flexibility index (Phi) is 10.2. The summed E-state index contributed by atoms with van der Waals surface area (Å²) in [6.07, 6.45) is 3.45. The maximum Gasteiger partial charge on any atom is 0.335 e. The molecule has 14 nitrogen and oxygen atoms in total. The normalized spacial score (nSPS) is 15.0. The summed E-state index contributed by atoms with van der Waals surface area (Å²) >= 11 is 5.97. The van der Waals surface area contributed by atoms with Crippen molar-refractivity contribution in [2.45, 2.75) is 25.0 Å². The van der Waals surface area contributed by atoms with Gasteiger partial charge in [0, 0.05) is 42.5 Å². The quantitative estimate of drug-likeness (QED) is 0.159. The topological polar surface area (TPSA) is 192 Å². The standard InChI is InChI=1S/C31H28ClFN8O6/c32-24-10-11-26(41-17-34-38-39-41)23(28(24)33)9-12-27(43)37-25(29(44)35-20-7-3-19(4-8-20)30(45)46)15-18-1-5-21(6-2-18)36-31(47)40-14-13-22(42)16-40/h1-12,17,22,25,42H,13-16H2,(H,35,44)(H,36,47)(H,37,43)(H,45,46)/b12-9+/t22-,25+/m1/s1. The second kappa shape index (κ2) is 14.6. The number of aliphatic hydroxyl groups is 1. The number of carbonyl (C=O) groups excluding carboxylic acids is 3. The van der Waals surface area contributed by atoms with Gasteiger partial charge in [0.1, 0.15) is 12.4 Å². The first-order valence-electron chi connectivity index (χ1n) is 14.2. The van der Waals surface area contributed by atoms with Gasteiger partial charge in [-0.15, -0.1) is 5.10 Å². The first-order valence-corrected chi connectivity index (χ1v) is 14.6. The third-order valence-electron chi connectivity index (χ3n) is 7.23. The van der Waals surface area contributed by atoms with Crippen molar-refractivity contribution in [3.8, 4) is 5.69 Å². The van der Waals surface area contributed by atoms with Crippen LogP contribution in [0.3, 0.4) is 0 Å². The lowest BCUT2D eigenvalue weighted by Crippen LogP contribution is -2.44. The number of amides is 4. The van der Waals surface area contributed by atoms with Crippen LogP contribution in [0.1, 0.15) is 27.9 Å². The third-order valence-corrected chi connectivity index (χ3v) is 7.53. The highest BCUT2D eigenvalue weighted by Crippen LogP contribution is 2.25. The Labute approximate surface area is 271 Å². The maximum absolute atomic E-state index is 15.0. The summed E-state index contributed by atoms with van der Waals surface area (Å²) in [5, 5.41) is 37.6. The number of hydrogen-bond donors (Lipinski definition) is 5. The van der Waals surface area contributed by atoms with Gasteiger partial charge in [0.2, 0.25) is 11.8 Å². The lowest BCUT2D eigenvalue weighted by molar-refractivity contribution is -0.123. The maximum atomic E-state index is 15.0. The number of aliphatic hydroxyl groups excluding tert-OH is 1. The lowest BCUT2D eigenvalue weighted by Gasteiger charge is -2.19. The molecule has 4 amide bonds. The largest absolute Gasteiger partial charge is 0.478 e. The fourth-order valence-electron chi connectivity index (χ4n) is 4.79. The van der Waals surface area contributed by atoms with Gasteiger partial charge in [0.25, 0.3) is 0 Å². The minimum atomic E-state index is -1.14. The minimum absolute atomic E-state index is 0.0204. The van der Waals surface area contributed by atoms with Crippen LogP contribution < -0.4 is 16.0 Å². The van der Waals surface area contributed by atoms with Crippen molar-refractivity contribution in [3.63, 3.8) is 0 Å². The molecule has 1 aliphatic rings. The Balaban J connectivity index is 1.33. The molecule has 1 aliphatic heterocycles. The SMILES string of the molecule is O=C(/C=C/c1c(-n2cnnn2)ccc(Cl)c1F)N[C@@H](Cc1ccc(NC(=O)N2CC[C@@H](O)C2)cc1)C(=O)Nc1ccc(C(=O)O)cc1. The number of nitrogens with one attached hydrogen (secondary N) is 3. The molecule has 4 aromatic rings. The number of β-amino-alcohol motifs (C(OH)–C–C–N with tert-alkyl or cyclic N) is 1. The van der Waals surface area contributed by atoms with E-state index < -0.39 is 35.7 Å². The lowest BCUT2D eigenvalue weighted by atomic mass is 10.0. The molecular weight excluding hydrogens is 635 g/mol. The van der Waals surface area contributed by atoms with E-state index in [-0.39, 0.29) is 40.8 Å². The predicted octanol–water partition coefficient (Wildman–Crippen LogP) is 3.13. The number of benzene rings is 3. The molecule has 0 saturated carbocycles. The molecule has 5 rings (SSSR count). The molecule has 0 unspecified atom stereocenters. The summed E-state index contributed by atoms with van der Waals surface area (Å²) in [5.41, 5.74) is 1.60. The van der Waals surface area contributed by atoms with E-state index in [2.05, 4.69) is 31.5 Å². The molecule has 16 heteroatoms. The van der Waals surface area contributed by atoms with E-state index in [1.54, 1.807) is 24.3 Å². The molecule has 0 radical (unpaired) electrons. The molecule has 1 fully saturated rings. The van der Waals surface area contributed by atoms with Gasteiger partial charge in [-0.25, -0.2) is 14.0 Å². The summed E-state index contributed by atoms with van der Waals surface area (Å²) in [7, 11) is 0. The van der Waals surface area contributed by atoms with Gasteiger partial charge in [-0.1, -0.05) is 23.7 Å². The van der Waals surface area contributed by atoms with Crippen molar-refractivity contribution in [2.24, 2.45) is 0 Å². The monoisotopic (exact) mass is 662 g/mol. The molecule has 242 valence electrons. The number of aromatic nitrogens is 4. The van der Waals surface area contributed by atoms with Crippen molar-refractivity contribution < 1.29 is 33.8 Å². The van der Waals surface area contributed by atoms with Gasteiger partial charge in [0.15, 0.2) is 5.82 Å². The molecule has 0 spiro atoms. The molecular formula is C31H28ClFN8O6. The van der Waals surface area contributed by atoms with Gasteiger partial charge >= 0.3 is 12.0 Å². The van der Waals surface area contributed by atoms with E-state index in [4.69, 9.17) is 16.7 Å². The van der Waals surface area contributed by atoms with Crippen LogP contribution in [-0.2, 0) is 16.0 Å². The number of urea groups is 1. The molecule has 47 heavy (non-hydrogen) atoms. The van der Waals surface area contributed by atoms with E-state index in [0.29, 0.717) is 29.9 Å². The Morgan fingerprint density at radius 3 is 2.36 bits per heavy atom. The van der Waals surface area contributed by atoms with Crippen LogP contribution in [0.2, 0.25) is 5.02 Å². The van der Waals surface area contributed by atoms with E-state index in [1.165, 1.54) is 58.4 Å². The average molecular weight is 663 g/mol. The Morgan fingerprint density at radius 2 is 1.72 bits per heavy atom. The fourth-order valence-corrected chi connectivity index (χ4v) is 4.95. The highest BCUT2D eigenvalue weighted by atomic mass is 35.5. The number of hydrogen-bond acceptors (Lipinski definition) is 8. The number of aromatic carboxylic acids is 1. The zero-order chi connectivity index (χ0) is 33.5. The van der Waals surface area contributed by atoms with Crippen LogP contribution in [0, 0.1) is 5.82 Å². The summed E-state index contributed by atoms with van der Waals surface area (Å²) in [5.74, 6) is -3.28. The third kappa shape index (κ3) is 8.33. The van der Waals surface area contributed by atoms with Crippen molar-refractivity contribution in [1.29, 1.82) is 0 Å². The van der Waals surface area contributed by atoms with E-state index >= 15 is 0 Å². The molecule has 5 N–H and O–H groups in total. The number of carboxylic acids is 1. The minimum Gasteiger partial charge on any atom is -0.478 e. The number of anilines is 2. The second-order valence-corrected chi connectivity index (χ2v) is 10.9. The van der Waals surface area contributed by atoms with Crippen LogP contribution in [0.4, 0.5) is 20.6 Å². The second-order valence-electron chi connectivity index (χ2n) is 10.5. The number of carboxylic acid groups (broad SMARTS) is 1. The summed E-state index contributed by atoms with van der Waals surface area (Å²) in [6.45, 7) is 0.689. The van der Waals surface area contributed by atoms with Gasteiger partial charge in [0.05, 0.1) is 22.4 Å². The first-order chi connectivity index (χ1) is 22.6. The van der Waals surface area contributed by atoms with Crippen LogP contribution in [0.5, 0.6) is 0 Å². The van der Waals surface area contributed by atoms with Gasteiger partial charge in [-0.05, 0) is 77.0 Å².